The van der Waals surface area contributed by atoms with Crippen molar-refractivity contribution >= 4 is 21.5 Å². The number of nitrogens with one attached hydrogen (secondary N) is 1. The molecule has 0 saturated carbocycles. The number of aromatic nitrogens is 2. The fraction of sp³-hybridized carbons (Fsp3) is 0.444. The second-order valence-electron chi connectivity index (χ2n) is 6.47. The first-order valence-corrected chi connectivity index (χ1v) is 10.4. The van der Waals surface area contributed by atoms with Gasteiger partial charge in [0.25, 0.3) is 0 Å². The lowest BCUT2D eigenvalue weighted by Crippen LogP contribution is -2.33. The molecule has 1 aromatic heterocycles. The smallest absolute Gasteiger partial charge is 0.161 e. The Labute approximate surface area is 159 Å². The molecule has 1 aliphatic rings. The van der Waals surface area contributed by atoms with E-state index in [4.69, 9.17) is 9.47 Å². The maximum absolute atomic E-state index is 11.7. The molecule has 0 radical (unpaired) electrons. The van der Waals surface area contributed by atoms with Crippen LogP contribution >= 0.6 is 0 Å². The molecule has 8 nitrogen and oxygen atoms in total. The summed E-state index contributed by atoms with van der Waals surface area (Å²) in [4.78, 5) is 10.4. The minimum atomic E-state index is -2.94. The van der Waals surface area contributed by atoms with Gasteiger partial charge in [0.1, 0.15) is 18.0 Å². The van der Waals surface area contributed by atoms with Crippen LogP contribution in [0.1, 0.15) is 12.0 Å². The van der Waals surface area contributed by atoms with E-state index in [9.17, 15) is 8.42 Å². The highest BCUT2D eigenvalue weighted by Crippen LogP contribution is 2.28. The van der Waals surface area contributed by atoms with Crippen molar-refractivity contribution in [3.8, 4) is 11.5 Å². The highest BCUT2D eigenvalue weighted by molar-refractivity contribution is 7.91. The summed E-state index contributed by atoms with van der Waals surface area (Å²) in [7, 11) is 2.13. The van der Waals surface area contributed by atoms with Crippen LogP contribution in [-0.2, 0) is 16.4 Å². The number of methoxy groups -OCH3 is 2. The molecule has 0 amide bonds. The molecule has 1 N–H and O–H groups in total. The average molecular weight is 392 g/mol. The Morgan fingerprint density at radius 2 is 1.96 bits per heavy atom. The van der Waals surface area contributed by atoms with Gasteiger partial charge in [-0.3, -0.25) is 0 Å². The van der Waals surface area contributed by atoms with Crippen molar-refractivity contribution in [2.45, 2.75) is 19.0 Å². The molecule has 3 rings (SSSR count). The standard InChI is InChI=1S/C18H24N4O4S/c1-22(14-6-7-27(23,24)11-14)18-9-17(20-12-21-18)19-10-13-4-5-15(25-2)16(8-13)26-3/h4-5,8-9,12,14H,6-7,10-11H2,1-3H3,(H,19,20,21). The lowest BCUT2D eigenvalue weighted by Gasteiger charge is -2.24. The number of hydrogen-bond acceptors (Lipinski definition) is 8. The number of benzene rings is 1. The van der Waals surface area contributed by atoms with Crippen LogP contribution in [0, 0.1) is 0 Å². The minimum absolute atomic E-state index is 0.0522. The van der Waals surface area contributed by atoms with Crippen LogP contribution in [0.3, 0.4) is 0 Å². The third-order valence-electron chi connectivity index (χ3n) is 4.69. The Hall–Kier alpha value is -2.55. The predicted octanol–water partition coefficient (Wildman–Crippen LogP) is 1.73. The molecule has 146 valence electrons. The van der Waals surface area contributed by atoms with E-state index < -0.39 is 9.84 Å². The van der Waals surface area contributed by atoms with Gasteiger partial charge in [-0.25, -0.2) is 18.4 Å². The van der Waals surface area contributed by atoms with E-state index in [1.807, 2.05) is 36.2 Å². The molecule has 1 aromatic carbocycles. The van der Waals surface area contributed by atoms with Crippen LogP contribution in [0.15, 0.2) is 30.6 Å². The van der Waals surface area contributed by atoms with Gasteiger partial charge in [-0.1, -0.05) is 6.07 Å². The van der Waals surface area contributed by atoms with E-state index in [1.165, 1.54) is 6.33 Å². The first-order chi connectivity index (χ1) is 12.9. The molecule has 1 unspecified atom stereocenters. The zero-order valence-electron chi connectivity index (χ0n) is 15.7. The number of anilines is 2. The maximum atomic E-state index is 11.7. The number of nitrogens with zero attached hydrogens (tertiary/aromatic N) is 3. The van der Waals surface area contributed by atoms with Gasteiger partial charge >= 0.3 is 0 Å². The van der Waals surface area contributed by atoms with E-state index in [1.54, 1.807) is 14.2 Å². The Morgan fingerprint density at radius 1 is 1.19 bits per heavy atom. The molecule has 1 saturated heterocycles. The van der Waals surface area contributed by atoms with E-state index in [0.29, 0.717) is 36.1 Å². The van der Waals surface area contributed by atoms with Gasteiger partial charge in [0.15, 0.2) is 21.3 Å². The van der Waals surface area contributed by atoms with Crippen molar-refractivity contribution in [1.82, 2.24) is 9.97 Å². The first kappa shape index (κ1) is 19.2. The van der Waals surface area contributed by atoms with Gasteiger partial charge < -0.3 is 19.7 Å². The predicted molar refractivity (Wildman–Crippen MR) is 104 cm³/mol. The second-order valence-corrected chi connectivity index (χ2v) is 8.70. The monoisotopic (exact) mass is 392 g/mol. The molecule has 2 aromatic rings. The second kappa shape index (κ2) is 7.99. The van der Waals surface area contributed by atoms with Crippen molar-refractivity contribution in [3.63, 3.8) is 0 Å². The van der Waals surface area contributed by atoms with Gasteiger partial charge in [-0.2, -0.15) is 0 Å². The topological polar surface area (TPSA) is 93.7 Å². The van der Waals surface area contributed by atoms with Crippen molar-refractivity contribution in [2.24, 2.45) is 0 Å². The fourth-order valence-corrected chi connectivity index (χ4v) is 4.86. The molecule has 1 atom stereocenters. The normalized spacial score (nSPS) is 18.1. The summed E-state index contributed by atoms with van der Waals surface area (Å²) in [5.41, 5.74) is 1.02. The van der Waals surface area contributed by atoms with Gasteiger partial charge in [0.2, 0.25) is 0 Å². The van der Waals surface area contributed by atoms with Crippen LogP contribution in [-0.4, -0.2) is 57.2 Å². The Balaban J connectivity index is 1.67. The molecule has 0 spiro atoms. The molecule has 9 heteroatoms. The van der Waals surface area contributed by atoms with Crippen LogP contribution in [0.25, 0.3) is 0 Å². The summed E-state index contributed by atoms with van der Waals surface area (Å²) in [6.45, 7) is 0.554. The fourth-order valence-electron chi connectivity index (χ4n) is 3.09. The molecule has 1 fully saturated rings. The van der Waals surface area contributed by atoms with E-state index in [-0.39, 0.29) is 17.5 Å². The van der Waals surface area contributed by atoms with Crippen molar-refractivity contribution in [1.29, 1.82) is 0 Å². The molecule has 27 heavy (non-hydrogen) atoms. The van der Waals surface area contributed by atoms with E-state index in [0.717, 1.165) is 5.56 Å². The van der Waals surface area contributed by atoms with Crippen molar-refractivity contribution in [3.05, 3.63) is 36.2 Å². The summed E-state index contributed by atoms with van der Waals surface area (Å²) in [5.74, 6) is 3.12. The molecule has 0 bridgehead atoms. The largest absolute Gasteiger partial charge is 0.493 e. The summed E-state index contributed by atoms with van der Waals surface area (Å²) < 4.78 is 34.0. The van der Waals surface area contributed by atoms with Gasteiger partial charge in [0, 0.05) is 25.7 Å². The third-order valence-corrected chi connectivity index (χ3v) is 6.44. The quantitative estimate of drug-likeness (QED) is 0.761. The highest BCUT2D eigenvalue weighted by atomic mass is 32.2. The van der Waals surface area contributed by atoms with Crippen LogP contribution in [0.5, 0.6) is 11.5 Å². The molecule has 2 heterocycles. The Kier molecular flexibility index (Phi) is 5.69. The van der Waals surface area contributed by atoms with Crippen LogP contribution < -0.4 is 19.7 Å². The zero-order chi connectivity index (χ0) is 19.4. The van der Waals surface area contributed by atoms with Crippen molar-refractivity contribution < 1.29 is 17.9 Å². The zero-order valence-corrected chi connectivity index (χ0v) is 16.5. The lowest BCUT2D eigenvalue weighted by atomic mass is 10.2. The van der Waals surface area contributed by atoms with Gasteiger partial charge in [-0.15, -0.1) is 0 Å². The average Bonchev–Trinajstić information content (AvgIpc) is 3.05. The number of sulfone groups is 1. The summed E-state index contributed by atoms with van der Waals surface area (Å²) in [5, 5.41) is 3.26. The highest BCUT2D eigenvalue weighted by Gasteiger charge is 2.31. The number of hydrogen-bond donors (Lipinski definition) is 1. The first-order valence-electron chi connectivity index (χ1n) is 8.62. The van der Waals surface area contributed by atoms with E-state index in [2.05, 4.69) is 15.3 Å². The molecule has 1 aliphatic heterocycles. The summed E-state index contributed by atoms with van der Waals surface area (Å²) >= 11 is 0. The van der Waals surface area contributed by atoms with Crippen LogP contribution in [0.4, 0.5) is 11.6 Å². The Morgan fingerprint density at radius 3 is 2.63 bits per heavy atom. The lowest BCUT2D eigenvalue weighted by molar-refractivity contribution is 0.354. The van der Waals surface area contributed by atoms with Crippen molar-refractivity contribution in [2.75, 3.05) is 43.0 Å². The maximum Gasteiger partial charge on any atom is 0.161 e. The SMILES string of the molecule is COc1ccc(CNc2cc(N(C)C3CCS(=O)(=O)C3)ncn2)cc1OC. The Bertz CT molecular complexity index is 904. The van der Waals surface area contributed by atoms with Crippen LogP contribution in [0.2, 0.25) is 0 Å². The minimum Gasteiger partial charge on any atom is -0.493 e. The molecule has 0 aliphatic carbocycles. The molecular formula is C18H24N4O4S. The molecular weight excluding hydrogens is 368 g/mol. The summed E-state index contributed by atoms with van der Waals surface area (Å²) in [6.07, 6.45) is 2.10. The summed E-state index contributed by atoms with van der Waals surface area (Å²) in [6, 6.07) is 7.49. The third kappa shape index (κ3) is 4.60. The van der Waals surface area contributed by atoms with Gasteiger partial charge in [0.05, 0.1) is 25.7 Å². The van der Waals surface area contributed by atoms with E-state index >= 15 is 0 Å². The number of rotatable bonds is 7. The number of ether oxygens (including phenoxy) is 2. The van der Waals surface area contributed by atoms with Gasteiger partial charge in [-0.05, 0) is 24.1 Å².